The zero-order valence-corrected chi connectivity index (χ0v) is 18.5. The van der Waals surface area contributed by atoms with Crippen LogP contribution in [0.3, 0.4) is 0 Å². The van der Waals surface area contributed by atoms with E-state index >= 15 is 0 Å². The van der Waals surface area contributed by atoms with Gasteiger partial charge in [0.1, 0.15) is 23.7 Å². The number of carbonyl (C=O) groups is 1. The Kier molecular flexibility index (Phi) is 7.67. The van der Waals surface area contributed by atoms with Crippen LogP contribution in [-0.2, 0) is 4.74 Å². The molecule has 1 aliphatic rings. The van der Waals surface area contributed by atoms with E-state index in [1.54, 1.807) is 4.90 Å². The molecule has 0 spiro atoms. The van der Waals surface area contributed by atoms with Gasteiger partial charge in [-0.15, -0.1) is 13.2 Å². The van der Waals surface area contributed by atoms with Gasteiger partial charge in [0.25, 0.3) is 0 Å². The lowest BCUT2D eigenvalue weighted by Crippen LogP contribution is -2.55. The molecule has 0 aliphatic carbocycles. The van der Waals surface area contributed by atoms with E-state index in [4.69, 9.17) is 9.47 Å². The Balaban J connectivity index is 1.84. The zero-order chi connectivity index (χ0) is 21.8. The second kappa shape index (κ2) is 9.42. The van der Waals surface area contributed by atoms with Crippen LogP contribution in [0.1, 0.15) is 27.7 Å². The van der Waals surface area contributed by atoms with Crippen molar-refractivity contribution < 1.29 is 32.2 Å². The van der Waals surface area contributed by atoms with Crippen molar-refractivity contribution in [1.82, 2.24) is 9.80 Å². The van der Waals surface area contributed by atoms with Gasteiger partial charge in [0.2, 0.25) is 0 Å². The molecule has 1 saturated heterocycles. The lowest BCUT2D eigenvalue weighted by molar-refractivity contribution is -0.274. The molecule has 1 amide bonds. The van der Waals surface area contributed by atoms with E-state index < -0.39 is 12.0 Å². The third-order valence-corrected chi connectivity index (χ3v) is 4.84. The topological polar surface area (TPSA) is 51.2 Å². The summed E-state index contributed by atoms with van der Waals surface area (Å²) in [5.41, 5.74) is -0.539. The molecule has 0 unspecified atom stereocenters. The molecule has 1 aromatic carbocycles. The number of hydrogen-bond donors (Lipinski definition) is 0. The van der Waals surface area contributed by atoms with Crippen molar-refractivity contribution in [2.75, 3.05) is 32.8 Å². The molecule has 29 heavy (non-hydrogen) atoms. The summed E-state index contributed by atoms with van der Waals surface area (Å²) in [7, 11) is 0. The first-order valence-corrected chi connectivity index (χ1v) is 10.0. The van der Waals surface area contributed by atoms with Gasteiger partial charge in [-0.2, -0.15) is 0 Å². The van der Waals surface area contributed by atoms with Crippen LogP contribution in [0.25, 0.3) is 0 Å². The Bertz CT molecular complexity index is 710. The minimum Gasteiger partial charge on any atom is -0.491 e. The standard InChI is InChI=1S/C19H26BrF3N2O4/c1-13-12-25(17(26)29-18(2,3)4)8-7-24(13)9-10-27-16-11-14(5-6-15(16)20)28-19(21,22)23/h5-6,11,13H,7-10,12H2,1-4H3/t13-/m0/s1. The molecule has 0 N–H and O–H groups in total. The molecule has 164 valence electrons. The number of rotatable bonds is 5. The fourth-order valence-electron chi connectivity index (χ4n) is 2.88. The first kappa shape index (κ1) is 23.6. The van der Waals surface area contributed by atoms with E-state index in [0.29, 0.717) is 30.7 Å². The predicted octanol–water partition coefficient (Wildman–Crippen LogP) is 4.67. The number of halogens is 4. The summed E-state index contributed by atoms with van der Waals surface area (Å²) < 4.78 is 52.6. The monoisotopic (exact) mass is 482 g/mol. The van der Waals surface area contributed by atoms with Crippen molar-refractivity contribution in [3.63, 3.8) is 0 Å². The van der Waals surface area contributed by atoms with Gasteiger partial charge < -0.3 is 19.1 Å². The summed E-state index contributed by atoms with van der Waals surface area (Å²) in [6.45, 7) is 10.1. The summed E-state index contributed by atoms with van der Waals surface area (Å²) in [5, 5.41) is 0. The van der Waals surface area contributed by atoms with Gasteiger partial charge in [-0.05, 0) is 55.8 Å². The van der Waals surface area contributed by atoms with Gasteiger partial charge in [-0.1, -0.05) is 0 Å². The van der Waals surface area contributed by atoms with Crippen molar-refractivity contribution in [2.45, 2.75) is 45.7 Å². The van der Waals surface area contributed by atoms with Gasteiger partial charge in [0.05, 0.1) is 4.47 Å². The highest BCUT2D eigenvalue weighted by Gasteiger charge is 2.32. The van der Waals surface area contributed by atoms with Gasteiger partial charge >= 0.3 is 12.5 Å². The zero-order valence-electron chi connectivity index (χ0n) is 16.9. The number of carbonyl (C=O) groups excluding carboxylic acids is 1. The maximum absolute atomic E-state index is 12.4. The van der Waals surface area contributed by atoms with E-state index in [0.717, 1.165) is 0 Å². The van der Waals surface area contributed by atoms with Crippen LogP contribution >= 0.6 is 15.9 Å². The Morgan fingerprint density at radius 2 is 1.93 bits per heavy atom. The lowest BCUT2D eigenvalue weighted by Gasteiger charge is -2.40. The molecule has 10 heteroatoms. The molecule has 1 heterocycles. The van der Waals surface area contributed by atoms with Crippen molar-refractivity contribution in [3.05, 3.63) is 22.7 Å². The van der Waals surface area contributed by atoms with E-state index in [1.165, 1.54) is 18.2 Å². The number of amides is 1. The van der Waals surface area contributed by atoms with Crippen molar-refractivity contribution in [2.24, 2.45) is 0 Å². The quantitative estimate of drug-likeness (QED) is 0.610. The largest absolute Gasteiger partial charge is 0.573 e. The number of ether oxygens (including phenoxy) is 3. The molecular formula is C19H26BrF3N2O4. The van der Waals surface area contributed by atoms with Crippen LogP contribution in [0.5, 0.6) is 11.5 Å². The second-order valence-electron chi connectivity index (χ2n) is 7.80. The molecular weight excluding hydrogens is 457 g/mol. The van der Waals surface area contributed by atoms with Crippen LogP contribution in [-0.4, -0.2) is 66.7 Å². The number of alkyl halides is 3. The van der Waals surface area contributed by atoms with Crippen LogP contribution in [0.2, 0.25) is 0 Å². The highest BCUT2D eigenvalue weighted by Crippen LogP contribution is 2.32. The fourth-order valence-corrected chi connectivity index (χ4v) is 3.25. The SMILES string of the molecule is C[C@H]1CN(C(=O)OC(C)(C)C)CCN1CCOc1cc(OC(F)(F)F)ccc1Br. The minimum absolute atomic E-state index is 0.100. The molecule has 1 aromatic rings. The third-order valence-electron chi connectivity index (χ3n) is 4.19. The summed E-state index contributed by atoms with van der Waals surface area (Å²) in [5.74, 6) is -0.0677. The molecule has 0 saturated carbocycles. The van der Waals surface area contributed by atoms with Gasteiger partial charge in [0, 0.05) is 38.3 Å². The molecule has 2 rings (SSSR count). The molecule has 1 atom stereocenters. The van der Waals surface area contributed by atoms with Crippen LogP contribution in [0, 0.1) is 0 Å². The number of piperazine rings is 1. The molecule has 0 bridgehead atoms. The van der Waals surface area contributed by atoms with E-state index in [1.807, 2.05) is 27.7 Å². The third kappa shape index (κ3) is 7.93. The minimum atomic E-state index is -4.76. The maximum atomic E-state index is 12.4. The number of nitrogens with zero attached hydrogens (tertiary/aromatic N) is 2. The van der Waals surface area contributed by atoms with Gasteiger partial charge in [-0.3, -0.25) is 4.90 Å². The normalized spacial score (nSPS) is 18.5. The smallest absolute Gasteiger partial charge is 0.491 e. The average molecular weight is 483 g/mol. The molecule has 0 aromatic heterocycles. The Morgan fingerprint density at radius 1 is 1.24 bits per heavy atom. The predicted molar refractivity (Wildman–Crippen MR) is 105 cm³/mol. The highest BCUT2D eigenvalue weighted by atomic mass is 79.9. The summed E-state index contributed by atoms with van der Waals surface area (Å²) in [4.78, 5) is 16.0. The Labute approximate surface area is 177 Å². The van der Waals surface area contributed by atoms with Crippen LogP contribution in [0.15, 0.2) is 22.7 Å². The highest BCUT2D eigenvalue weighted by molar-refractivity contribution is 9.10. The van der Waals surface area contributed by atoms with E-state index in [-0.39, 0.29) is 30.2 Å². The van der Waals surface area contributed by atoms with Crippen molar-refractivity contribution in [3.8, 4) is 11.5 Å². The van der Waals surface area contributed by atoms with Crippen LogP contribution < -0.4 is 9.47 Å². The van der Waals surface area contributed by atoms with Crippen LogP contribution in [0.4, 0.5) is 18.0 Å². The second-order valence-corrected chi connectivity index (χ2v) is 8.65. The Morgan fingerprint density at radius 3 is 2.52 bits per heavy atom. The van der Waals surface area contributed by atoms with E-state index in [9.17, 15) is 18.0 Å². The number of hydrogen-bond acceptors (Lipinski definition) is 5. The summed E-state index contributed by atoms with van der Waals surface area (Å²) in [6.07, 6.45) is -5.08. The molecule has 1 aliphatic heterocycles. The number of benzene rings is 1. The lowest BCUT2D eigenvalue weighted by atomic mass is 10.2. The van der Waals surface area contributed by atoms with Crippen molar-refractivity contribution in [1.29, 1.82) is 0 Å². The Hall–Kier alpha value is -1.68. The molecule has 6 nitrogen and oxygen atoms in total. The molecule has 1 fully saturated rings. The van der Waals surface area contributed by atoms with Crippen molar-refractivity contribution >= 4 is 22.0 Å². The molecule has 0 radical (unpaired) electrons. The van der Waals surface area contributed by atoms with Gasteiger partial charge in [0.15, 0.2) is 0 Å². The summed E-state index contributed by atoms with van der Waals surface area (Å²) in [6, 6.07) is 3.95. The fraction of sp³-hybridized carbons (Fsp3) is 0.632. The summed E-state index contributed by atoms with van der Waals surface area (Å²) >= 11 is 3.26. The maximum Gasteiger partial charge on any atom is 0.573 e. The average Bonchev–Trinajstić information content (AvgIpc) is 2.56. The first-order valence-electron chi connectivity index (χ1n) is 9.24. The van der Waals surface area contributed by atoms with Gasteiger partial charge in [-0.25, -0.2) is 4.79 Å². The first-order chi connectivity index (χ1) is 13.3. The van der Waals surface area contributed by atoms with E-state index in [2.05, 4.69) is 25.6 Å².